The van der Waals surface area contributed by atoms with Gasteiger partial charge in [-0.05, 0) is 19.3 Å². The predicted molar refractivity (Wildman–Crippen MR) is 66.9 cm³/mol. The maximum absolute atomic E-state index is 13.6. The number of ether oxygens (including phenoxy) is 2. The van der Waals surface area contributed by atoms with Gasteiger partial charge in [-0.25, -0.2) is 0 Å². The molecule has 1 aromatic carbocycles. The molecular formula is C14H20F2O2. The van der Waals surface area contributed by atoms with Gasteiger partial charge in [0.25, 0.3) is 5.92 Å². The average Bonchev–Trinajstić information content (AvgIpc) is 2.39. The van der Waals surface area contributed by atoms with Crippen LogP contribution < -0.4 is 0 Å². The molecule has 0 aliphatic rings. The topological polar surface area (TPSA) is 18.5 Å². The smallest absolute Gasteiger partial charge is 0.296 e. The minimum atomic E-state index is -2.91. The van der Waals surface area contributed by atoms with Crippen molar-refractivity contribution in [1.29, 1.82) is 0 Å². The number of hydrogen-bond acceptors (Lipinski definition) is 2. The summed E-state index contributed by atoms with van der Waals surface area (Å²) in [5.74, 6) is -2.91. The Kier molecular flexibility index (Phi) is 6.83. The second-order valence-corrected chi connectivity index (χ2v) is 4.18. The number of unbranched alkanes of at least 4 members (excludes halogenated alkanes) is 2. The Hall–Kier alpha value is -1.00. The summed E-state index contributed by atoms with van der Waals surface area (Å²) in [5, 5.41) is 0. The minimum absolute atomic E-state index is 0.00406. The van der Waals surface area contributed by atoms with Gasteiger partial charge in [-0.15, -0.1) is 0 Å². The van der Waals surface area contributed by atoms with Gasteiger partial charge in [0.1, 0.15) is 6.61 Å². The van der Waals surface area contributed by atoms with E-state index in [9.17, 15) is 8.78 Å². The molecule has 0 aliphatic carbocycles. The van der Waals surface area contributed by atoms with Crippen LogP contribution in [0.2, 0.25) is 0 Å². The molecule has 0 bridgehead atoms. The summed E-state index contributed by atoms with van der Waals surface area (Å²) in [6, 6.07) is 7.77. The summed E-state index contributed by atoms with van der Waals surface area (Å²) in [6.45, 7) is 0.521. The van der Waals surface area contributed by atoms with E-state index in [-0.39, 0.29) is 5.56 Å². The highest BCUT2D eigenvalue weighted by Crippen LogP contribution is 2.27. The Morgan fingerprint density at radius 2 is 1.67 bits per heavy atom. The van der Waals surface area contributed by atoms with Crippen LogP contribution in [0.15, 0.2) is 30.3 Å². The molecule has 2 nitrogen and oxygen atoms in total. The van der Waals surface area contributed by atoms with E-state index in [1.807, 2.05) is 0 Å². The lowest BCUT2D eigenvalue weighted by molar-refractivity contribution is -0.0832. The van der Waals surface area contributed by atoms with Crippen LogP contribution in [-0.4, -0.2) is 26.9 Å². The molecule has 4 heteroatoms. The number of hydrogen-bond donors (Lipinski definition) is 0. The van der Waals surface area contributed by atoms with E-state index >= 15 is 0 Å². The fourth-order valence-electron chi connectivity index (χ4n) is 1.59. The molecule has 1 aromatic rings. The molecule has 0 N–H and O–H groups in total. The molecule has 0 saturated heterocycles. The molecule has 0 aliphatic heterocycles. The van der Waals surface area contributed by atoms with E-state index in [0.29, 0.717) is 13.2 Å². The van der Waals surface area contributed by atoms with E-state index in [4.69, 9.17) is 9.47 Å². The van der Waals surface area contributed by atoms with Crippen LogP contribution in [0.3, 0.4) is 0 Å². The first-order valence-corrected chi connectivity index (χ1v) is 6.17. The van der Waals surface area contributed by atoms with Gasteiger partial charge in [0.2, 0.25) is 0 Å². The second-order valence-electron chi connectivity index (χ2n) is 4.18. The van der Waals surface area contributed by atoms with Gasteiger partial charge < -0.3 is 9.47 Å². The van der Waals surface area contributed by atoms with Gasteiger partial charge in [0.05, 0.1) is 0 Å². The zero-order chi connectivity index (χ0) is 13.3. The summed E-state index contributed by atoms with van der Waals surface area (Å²) in [7, 11) is 1.65. The summed E-state index contributed by atoms with van der Waals surface area (Å²) in [6.07, 6.45) is 2.66. The predicted octanol–water partition coefficient (Wildman–Crippen LogP) is 3.61. The molecule has 102 valence electrons. The summed E-state index contributed by atoms with van der Waals surface area (Å²) < 4.78 is 37.2. The van der Waals surface area contributed by atoms with Crippen molar-refractivity contribution in [3.05, 3.63) is 35.9 Å². The summed E-state index contributed by atoms with van der Waals surface area (Å²) >= 11 is 0. The summed E-state index contributed by atoms with van der Waals surface area (Å²) in [5.41, 5.74) is 0.00406. The quantitative estimate of drug-likeness (QED) is 0.630. The van der Waals surface area contributed by atoms with Gasteiger partial charge in [0.15, 0.2) is 0 Å². The zero-order valence-electron chi connectivity index (χ0n) is 10.7. The summed E-state index contributed by atoms with van der Waals surface area (Å²) in [4.78, 5) is 0. The van der Waals surface area contributed by atoms with Crippen LogP contribution in [0.4, 0.5) is 8.78 Å². The van der Waals surface area contributed by atoms with Crippen molar-refractivity contribution in [2.24, 2.45) is 0 Å². The molecule has 0 aromatic heterocycles. The number of alkyl halides is 2. The van der Waals surface area contributed by atoms with E-state index in [0.717, 1.165) is 19.3 Å². The Morgan fingerprint density at radius 1 is 1.00 bits per heavy atom. The molecule has 0 radical (unpaired) electrons. The third-order valence-electron chi connectivity index (χ3n) is 2.62. The largest absolute Gasteiger partial charge is 0.385 e. The van der Waals surface area contributed by atoms with Crippen LogP contribution in [0, 0.1) is 0 Å². The first-order valence-electron chi connectivity index (χ1n) is 6.17. The maximum atomic E-state index is 13.6. The fourth-order valence-corrected chi connectivity index (χ4v) is 1.59. The van der Waals surface area contributed by atoms with Crippen molar-refractivity contribution >= 4 is 0 Å². The van der Waals surface area contributed by atoms with Gasteiger partial charge in [0, 0.05) is 25.9 Å². The highest BCUT2D eigenvalue weighted by molar-refractivity contribution is 5.19. The lowest BCUT2D eigenvalue weighted by atomic mass is 10.1. The zero-order valence-corrected chi connectivity index (χ0v) is 10.7. The maximum Gasteiger partial charge on any atom is 0.296 e. The van der Waals surface area contributed by atoms with E-state index in [1.165, 1.54) is 12.1 Å². The van der Waals surface area contributed by atoms with Gasteiger partial charge >= 0.3 is 0 Å². The molecule has 0 fully saturated rings. The molecule has 0 saturated carbocycles. The highest BCUT2D eigenvalue weighted by Gasteiger charge is 2.31. The van der Waals surface area contributed by atoms with Crippen LogP contribution in [-0.2, 0) is 15.4 Å². The van der Waals surface area contributed by atoms with Crippen molar-refractivity contribution in [3.8, 4) is 0 Å². The van der Waals surface area contributed by atoms with Crippen LogP contribution in [0.5, 0.6) is 0 Å². The van der Waals surface area contributed by atoms with Crippen LogP contribution in [0.25, 0.3) is 0 Å². The Bertz CT molecular complexity index is 315. The van der Waals surface area contributed by atoms with Gasteiger partial charge in [-0.2, -0.15) is 8.78 Å². The molecule has 1 rings (SSSR count). The van der Waals surface area contributed by atoms with Crippen LogP contribution in [0.1, 0.15) is 24.8 Å². The Labute approximate surface area is 107 Å². The van der Waals surface area contributed by atoms with Crippen molar-refractivity contribution in [2.45, 2.75) is 25.2 Å². The van der Waals surface area contributed by atoms with E-state index in [2.05, 4.69) is 0 Å². The van der Waals surface area contributed by atoms with Gasteiger partial charge in [-0.3, -0.25) is 0 Å². The average molecular weight is 258 g/mol. The molecular weight excluding hydrogens is 238 g/mol. The fraction of sp³-hybridized carbons (Fsp3) is 0.571. The molecule has 0 heterocycles. The van der Waals surface area contributed by atoms with Crippen LogP contribution >= 0.6 is 0 Å². The van der Waals surface area contributed by atoms with Crippen molar-refractivity contribution in [3.63, 3.8) is 0 Å². The SMILES string of the molecule is COCCCCCOCC(F)(F)c1ccccc1. The van der Waals surface area contributed by atoms with Crippen molar-refractivity contribution < 1.29 is 18.3 Å². The second kappa shape index (κ2) is 8.16. The molecule has 0 unspecified atom stereocenters. The Morgan fingerprint density at radius 3 is 2.33 bits per heavy atom. The molecule has 0 spiro atoms. The molecule has 18 heavy (non-hydrogen) atoms. The van der Waals surface area contributed by atoms with E-state index in [1.54, 1.807) is 25.3 Å². The molecule has 0 atom stereocenters. The Balaban J connectivity index is 2.18. The lowest BCUT2D eigenvalue weighted by Crippen LogP contribution is -2.21. The highest BCUT2D eigenvalue weighted by atomic mass is 19.3. The third-order valence-corrected chi connectivity index (χ3v) is 2.62. The van der Waals surface area contributed by atoms with Crippen molar-refractivity contribution in [2.75, 3.05) is 26.9 Å². The van der Waals surface area contributed by atoms with E-state index < -0.39 is 12.5 Å². The molecule has 0 amide bonds. The lowest BCUT2D eigenvalue weighted by Gasteiger charge is -2.16. The van der Waals surface area contributed by atoms with Crippen molar-refractivity contribution in [1.82, 2.24) is 0 Å². The normalized spacial score (nSPS) is 11.7. The number of halogens is 2. The standard InChI is InChI=1S/C14H20F2O2/c1-17-10-6-3-7-11-18-12-14(15,16)13-8-4-2-5-9-13/h2,4-5,8-9H,3,6-7,10-12H2,1H3. The number of rotatable bonds is 9. The number of methoxy groups -OCH3 is 1. The van der Waals surface area contributed by atoms with Gasteiger partial charge in [-0.1, -0.05) is 30.3 Å². The first kappa shape index (κ1) is 15.1. The first-order chi connectivity index (χ1) is 8.67. The third kappa shape index (κ3) is 5.56. The minimum Gasteiger partial charge on any atom is -0.385 e. The number of benzene rings is 1. The monoisotopic (exact) mass is 258 g/mol.